The lowest BCUT2D eigenvalue weighted by molar-refractivity contribution is 0.118. The van der Waals surface area contributed by atoms with Crippen LogP contribution in [0.25, 0.3) is 0 Å². The first kappa shape index (κ1) is 14.6. The topological polar surface area (TPSA) is 58.9 Å². The first-order chi connectivity index (χ1) is 7.69. The molecule has 1 saturated carbocycles. The van der Waals surface area contributed by atoms with E-state index in [-0.39, 0.29) is 9.34 Å². The van der Waals surface area contributed by atoms with Crippen LogP contribution in [0.4, 0.5) is 0 Å². The second-order valence-electron chi connectivity index (χ2n) is 5.96. The summed E-state index contributed by atoms with van der Waals surface area (Å²) in [4.78, 5) is 29.0. The number of hydrogen-bond donors (Lipinski definition) is 0. The number of carbonyl (C=O) groups excluding carboxylic acids is 2. The number of aliphatic imine (C=N–C) groups is 2. The van der Waals surface area contributed by atoms with Crippen LogP contribution in [0, 0.1) is 5.41 Å². The van der Waals surface area contributed by atoms with Crippen molar-refractivity contribution in [3.8, 4) is 0 Å². The van der Waals surface area contributed by atoms with Gasteiger partial charge in [-0.2, -0.15) is 9.98 Å². The maximum atomic E-state index is 10.6. The van der Waals surface area contributed by atoms with Crippen molar-refractivity contribution in [3.63, 3.8) is 0 Å². The molecule has 0 bridgehead atoms. The SMILES string of the molecule is CC1(N=C=O)CC(C)(C)C(I)C(C)(N=C=O)C1. The molecule has 0 radical (unpaired) electrons. The third kappa shape index (κ3) is 2.84. The molecule has 0 heterocycles. The molecule has 0 spiro atoms. The van der Waals surface area contributed by atoms with Crippen LogP contribution >= 0.6 is 22.6 Å². The predicted molar refractivity (Wildman–Crippen MR) is 73.9 cm³/mol. The van der Waals surface area contributed by atoms with Crippen LogP contribution in [0.3, 0.4) is 0 Å². The minimum absolute atomic E-state index is 0.0526. The molecule has 0 amide bonds. The molecule has 94 valence electrons. The maximum Gasteiger partial charge on any atom is 0.235 e. The first-order valence-electron chi connectivity index (χ1n) is 5.51. The fraction of sp³-hybridized carbons (Fsp3) is 0.833. The summed E-state index contributed by atoms with van der Waals surface area (Å²) in [5.41, 5.74) is -1.08. The first-order valence-corrected chi connectivity index (χ1v) is 6.76. The number of halogens is 1. The minimum atomic E-state index is -0.529. The largest absolute Gasteiger partial charge is 0.235 e. The summed E-state index contributed by atoms with van der Waals surface area (Å²) in [5, 5.41) is 0. The molecule has 0 saturated heterocycles. The summed E-state index contributed by atoms with van der Waals surface area (Å²) in [6.07, 6.45) is 4.65. The number of nitrogens with zero attached hydrogens (tertiary/aromatic N) is 2. The lowest BCUT2D eigenvalue weighted by Gasteiger charge is -2.51. The molecule has 0 N–H and O–H groups in total. The van der Waals surface area contributed by atoms with E-state index < -0.39 is 11.1 Å². The highest BCUT2D eigenvalue weighted by Crippen LogP contribution is 2.52. The highest BCUT2D eigenvalue weighted by molar-refractivity contribution is 14.1. The van der Waals surface area contributed by atoms with E-state index in [0.29, 0.717) is 6.42 Å². The third-order valence-corrected chi connectivity index (χ3v) is 6.45. The molecular formula is C12H17IN2O2. The summed E-state index contributed by atoms with van der Waals surface area (Å²) in [6.45, 7) is 8.07. The molecule has 17 heavy (non-hydrogen) atoms. The van der Waals surface area contributed by atoms with Crippen molar-refractivity contribution in [3.05, 3.63) is 0 Å². The molecular weight excluding hydrogens is 331 g/mol. The average Bonchev–Trinajstić information content (AvgIpc) is 2.13. The molecule has 0 aliphatic heterocycles. The summed E-state index contributed by atoms with van der Waals surface area (Å²) in [7, 11) is 0. The summed E-state index contributed by atoms with van der Waals surface area (Å²) in [5.74, 6) is 0. The summed E-state index contributed by atoms with van der Waals surface area (Å²) >= 11 is 2.33. The van der Waals surface area contributed by atoms with E-state index in [1.807, 2.05) is 13.8 Å². The molecule has 1 aliphatic rings. The maximum absolute atomic E-state index is 10.6. The fourth-order valence-corrected chi connectivity index (χ4v) is 3.81. The Morgan fingerprint density at radius 2 is 1.59 bits per heavy atom. The smallest absolute Gasteiger partial charge is 0.211 e. The van der Waals surface area contributed by atoms with Gasteiger partial charge in [0.25, 0.3) is 0 Å². The zero-order valence-corrected chi connectivity index (χ0v) is 12.7. The van der Waals surface area contributed by atoms with Gasteiger partial charge in [0.1, 0.15) is 0 Å². The molecule has 4 nitrogen and oxygen atoms in total. The van der Waals surface area contributed by atoms with Crippen LogP contribution in [-0.2, 0) is 9.59 Å². The molecule has 3 atom stereocenters. The Morgan fingerprint density at radius 3 is 2.06 bits per heavy atom. The highest BCUT2D eigenvalue weighted by atomic mass is 127. The number of isocyanates is 2. The Hall–Kier alpha value is -0.510. The lowest BCUT2D eigenvalue weighted by atomic mass is 9.62. The van der Waals surface area contributed by atoms with E-state index in [1.165, 1.54) is 0 Å². The quantitative estimate of drug-likeness (QED) is 0.333. The normalized spacial score (nSPS) is 39.9. The molecule has 0 aromatic rings. The minimum Gasteiger partial charge on any atom is -0.211 e. The van der Waals surface area contributed by atoms with Gasteiger partial charge < -0.3 is 0 Å². The summed E-state index contributed by atoms with van der Waals surface area (Å²) in [6, 6.07) is 0. The van der Waals surface area contributed by atoms with E-state index in [4.69, 9.17) is 0 Å². The standard InChI is InChI=1S/C12H17IN2O2/c1-10(2)5-11(3,14-7-16)6-12(4,9(10)13)15-8-17/h9H,5-6H2,1-4H3. The zero-order chi connectivity index (χ0) is 13.3. The Labute approximate surface area is 115 Å². The highest BCUT2D eigenvalue weighted by Gasteiger charge is 2.53. The lowest BCUT2D eigenvalue weighted by Crippen LogP contribution is -2.55. The fourth-order valence-electron chi connectivity index (χ4n) is 3.23. The van der Waals surface area contributed by atoms with Gasteiger partial charge in [0.2, 0.25) is 12.2 Å². The average molecular weight is 348 g/mol. The summed E-state index contributed by atoms with van der Waals surface area (Å²) < 4.78 is 0.198. The van der Waals surface area contributed by atoms with Gasteiger partial charge in [-0.25, -0.2) is 9.59 Å². The second kappa shape index (κ2) is 4.63. The van der Waals surface area contributed by atoms with E-state index in [0.717, 1.165) is 6.42 Å². The van der Waals surface area contributed by atoms with Crippen molar-refractivity contribution in [1.29, 1.82) is 0 Å². The zero-order valence-electron chi connectivity index (χ0n) is 10.6. The molecule has 0 aromatic heterocycles. The van der Waals surface area contributed by atoms with Gasteiger partial charge in [0, 0.05) is 10.3 Å². The molecule has 1 rings (SSSR count). The molecule has 1 aliphatic carbocycles. The van der Waals surface area contributed by atoms with Crippen molar-refractivity contribution < 1.29 is 9.59 Å². The van der Waals surface area contributed by atoms with E-state index >= 15 is 0 Å². The number of hydrogen-bond acceptors (Lipinski definition) is 4. The molecule has 5 heteroatoms. The van der Waals surface area contributed by atoms with Crippen molar-refractivity contribution in [2.45, 2.75) is 55.5 Å². The van der Waals surface area contributed by atoms with Crippen molar-refractivity contribution in [1.82, 2.24) is 0 Å². The van der Waals surface area contributed by atoms with Gasteiger partial charge in [-0.15, -0.1) is 0 Å². The Bertz CT molecular complexity index is 411. The van der Waals surface area contributed by atoms with Crippen LogP contribution < -0.4 is 0 Å². The number of rotatable bonds is 2. The monoisotopic (exact) mass is 348 g/mol. The van der Waals surface area contributed by atoms with E-state index in [2.05, 4.69) is 46.4 Å². The Balaban J connectivity index is 3.25. The van der Waals surface area contributed by atoms with Crippen LogP contribution in [0.2, 0.25) is 0 Å². The van der Waals surface area contributed by atoms with Crippen molar-refractivity contribution >= 4 is 34.8 Å². The van der Waals surface area contributed by atoms with Gasteiger partial charge in [0.15, 0.2) is 0 Å². The van der Waals surface area contributed by atoms with Crippen LogP contribution in [0.5, 0.6) is 0 Å². The van der Waals surface area contributed by atoms with Crippen LogP contribution in [0.1, 0.15) is 40.5 Å². The molecule has 1 fully saturated rings. The van der Waals surface area contributed by atoms with Gasteiger partial charge in [-0.1, -0.05) is 36.4 Å². The van der Waals surface area contributed by atoms with E-state index in [9.17, 15) is 9.59 Å². The Morgan fingerprint density at radius 1 is 1.06 bits per heavy atom. The molecule has 3 unspecified atom stereocenters. The van der Waals surface area contributed by atoms with E-state index in [1.54, 1.807) is 12.2 Å². The molecule has 0 aromatic carbocycles. The van der Waals surface area contributed by atoms with Crippen LogP contribution in [-0.4, -0.2) is 27.2 Å². The predicted octanol–water partition coefficient (Wildman–Crippen LogP) is 2.80. The Kier molecular flexibility index (Phi) is 3.97. The van der Waals surface area contributed by atoms with Crippen molar-refractivity contribution in [2.75, 3.05) is 0 Å². The number of alkyl halides is 1. The van der Waals surface area contributed by atoms with Gasteiger partial charge in [0.05, 0.1) is 11.1 Å². The third-order valence-electron chi connectivity index (χ3n) is 3.42. The van der Waals surface area contributed by atoms with Crippen LogP contribution in [0.15, 0.2) is 9.98 Å². The van der Waals surface area contributed by atoms with Gasteiger partial charge >= 0.3 is 0 Å². The van der Waals surface area contributed by atoms with Gasteiger partial charge in [-0.3, -0.25) is 0 Å². The van der Waals surface area contributed by atoms with Gasteiger partial charge in [-0.05, 0) is 25.7 Å². The van der Waals surface area contributed by atoms with Crippen molar-refractivity contribution in [2.24, 2.45) is 15.4 Å². The second-order valence-corrected chi connectivity index (χ2v) is 7.21.